The normalized spacial score (nSPS) is 6.42. The summed E-state index contributed by atoms with van der Waals surface area (Å²) in [5.41, 5.74) is 2.19. The van der Waals surface area contributed by atoms with Gasteiger partial charge in [-0.3, -0.25) is 4.98 Å². The molecule has 0 spiro atoms. The fourth-order valence-corrected chi connectivity index (χ4v) is 1.14. The monoisotopic (exact) mass is 291 g/mol. The van der Waals surface area contributed by atoms with Crippen LogP contribution in [0.25, 0.3) is 11.3 Å². The predicted octanol–water partition coefficient (Wildman–Crippen LogP) is 2.63. The van der Waals surface area contributed by atoms with Crippen molar-refractivity contribution >= 4 is 0 Å². The Morgan fingerprint density at radius 3 is 1.58 bits per heavy atom. The fraction of sp³-hybridized carbons (Fsp3) is 0. The molecule has 19 heavy (non-hydrogen) atoms. The van der Waals surface area contributed by atoms with Gasteiger partial charge in [-0.1, -0.05) is 36.4 Å². The molecule has 1 heterocycles. The molecule has 4 nitrogen and oxygen atoms in total. The van der Waals surface area contributed by atoms with E-state index in [1.54, 1.807) is 0 Å². The van der Waals surface area contributed by atoms with E-state index >= 15 is 0 Å². The Labute approximate surface area is 122 Å². The standard InChI is InChI=1S/C11H9N.3CO.Cr/c1-2-6-10(7-3-1)11-8-4-5-9-12-11;3*1-2;/h1-9H;;;;. The third kappa shape index (κ3) is 9.79. The number of hydrogen-bond acceptors (Lipinski definition) is 1. The fourth-order valence-electron chi connectivity index (χ4n) is 1.14. The van der Waals surface area contributed by atoms with Crippen LogP contribution in [-0.2, 0) is 31.3 Å². The molecule has 0 amide bonds. The molecule has 1 aromatic carbocycles. The van der Waals surface area contributed by atoms with Crippen LogP contribution in [0.5, 0.6) is 0 Å². The quantitative estimate of drug-likeness (QED) is 0.588. The summed E-state index contributed by atoms with van der Waals surface area (Å²) >= 11 is 0. The molecule has 2 aromatic rings. The minimum Gasteiger partial charge on any atom is -0.256 e. The summed E-state index contributed by atoms with van der Waals surface area (Å²) in [6.07, 6.45) is 1.81. The van der Waals surface area contributed by atoms with Gasteiger partial charge in [-0.2, -0.15) is 0 Å². The second kappa shape index (κ2) is 18.5. The molecule has 0 radical (unpaired) electrons. The molecule has 0 atom stereocenters. The maximum Gasteiger partial charge on any atom is 0.0701 e. The van der Waals surface area contributed by atoms with E-state index in [1.165, 1.54) is 0 Å². The summed E-state index contributed by atoms with van der Waals surface area (Å²) in [6.45, 7) is 13.5. The summed E-state index contributed by atoms with van der Waals surface area (Å²) in [7, 11) is 0. The summed E-state index contributed by atoms with van der Waals surface area (Å²) in [5.74, 6) is 0. The van der Waals surface area contributed by atoms with Gasteiger partial charge in [0.05, 0.1) is 5.69 Å². The molecule has 2 rings (SSSR count). The van der Waals surface area contributed by atoms with Crippen molar-refractivity contribution in [1.82, 2.24) is 4.98 Å². The second-order valence-corrected chi connectivity index (χ2v) is 2.58. The van der Waals surface area contributed by atoms with E-state index in [9.17, 15) is 0 Å². The molecule has 0 saturated carbocycles. The average molecular weight is 291 g/mol. The number of pyridine rings is 1. The Kier molecular flexibility index (Phi) is 21.7. The van der Waals surface area contributed by atoms with Crippen LogP contribution in [0.2, 0.25) is 0 Å². The summed E-state index contributed by atoms with van der Waals surface area (Å²) < 4.78 is 22.5. The van der Waals surface area contributed by atoms with Gasteiger partial charge < -0.3 is 0 Å². The van der Waals surface area contributed by atoms with E-state index in [-0.39, 0.29) is 17.4 Å². The Morgan fingerprint density at radius 2 is 1.16 bits per heavy atom. The molecule has 1 aromatic heterocycles. The zero-order valence-electron chi connectivity index (χ0n) is 9.78. The predicted molar refractivity (Wildman–Crippen MR) is 61.5 cm³/mol. The molecule has 0 N–H and O–H groups in total. The average Bonchev–Trinajstić information content (AvgIpc) is 2.55. The Morgan fingerprint density at radius 1 is 0.684 bits per heavy atom. The van der Waals surface area contributed by atoms with Gasteiger partial charge in [0.1, 0.15) is 0 Å². The first-order chi connectivity index (χ1) is 8.97. The molecule has 0 aliphatic rings. The van der Waals surface area contributed by atoms with Gasteiger partial charge in [-0.25, -0.2) is 0 Å². The van der Waals surface area contributed by atoms with Gasteiger partial charge in [0.25, 0.3) is 0 Å². The topological polar surface area (TPSA) is 72.6 Å². The number of benzene rings is 1. The molecule has 0 saturated heterocycles. The molecule has 0 bridgehead atoms. The first-order valence-corrected chi connectivity index (χ1v) is 4.54. The van der Waals surface area contributed by atoms with Crippen molar-refractivity contribution < 1.29 is 31.3 Å². The molecule has 0 aliphatic heterocycles. The number of nitrogens with zero attached hydrogens (tertiary/aromatic N) is 1. The van der Waals surface area contributed by atoms with E-state index in [0.717, 1.165) is 11.3 Å². The van der Waals surface area contributed by atoms with Gasteiger partial charge in [0.15, 0.2) is 0 Å². The first kappa shape index (κ1) is 22.3. The van der Waals surface area contributed by atoms with E-state index in [1.807, 2.05) is 42.6 Å². The van der Waals surface area contributed by atoms with Crippen LogP contribution in [0.4, 0.5) is 0 Å². The van der Waals surface area contributed by atoms with Crippen molar-refractivity contribution in [1.29, 1.82) is 0 Å². The summed E-state index contributed by atoms with van der Waals surface area (Å²) in [4.78, 5) is 4.25. The van der Waals surface area contributed by atoms with Crippen LogP contribution in [0.15, 0.2) is 54.7 Å². The number of aromatic nitrogens is 1. The van der Waals surface area contributed by atoms with Crippen molar-refractivity contribution in [3.8, 4) is 11.3 Å². The smallest absolute Gasteiger partial charge is 0.0701 e. The van der Waals surface area contributed by atoms with Gasteiger partial charge in [0, 0.05) is 29.1 Å². The van der Waals surface area contributed by atoms with Crippen LogP contribution in [0.1, 0.15) is 0 Å². The maximum atomic E-state index is 7.50. The van der Waals surface area contributed by atoms with Crippen molar-refractivity contribution in [3.63, 3.8) is 0 Å². The molecular weight excluding hydrogens is 282 g/mol. The molecule has 0 fully saturated rings. The van der Waals surface area contributed by atoms with Crippen LogP contribution < -0.4 is 0 Å². The van der Waals surface area contributed by atoms with E-state index in [2.05, 4.69) is 37.1 Å². The number of hydrogen-bond donors (Lipinski definition) is 0. The largest absolute Gasteiger partial charge is 0.256 e. The molecule has 0 aliphatic carbocycles. The van der Waals surface area contributed by atoms with Crippen LogP contribution in [0, 0.1) is 20.0 Å². The van der Waals surface area contributed by atoms with Crippen LogP contribution >= 0.6 is 0 Å². The van der Waals surface area contributed by atoms with E-state index in [4.69, 9.17) is 14.0 Å². The molecule has 94 valence electrons. The van der Waals surface area contributed by atoms with E-state index in [0.29, 0.717) is 0 Å². The van der Waals surface area contributed by atoms with Gasteiger partial charge in [0.2, 0.25) is 0 Å². The number of rotatable bonds is 1. The van der Waals surface area contributed by atoms with Crippen LogP contribution in [0.3, 0.4) is 0 Å². The van der Waals surface area contributed by atoms with Crippen LogP contribution in [-0.4, -0.2) is 4.98 Å². The minimum absolute atomic E-state index is 0. The Balaban J connectivity index is -0.000000325. The third-order valence-corrected chi connectivity index (χ3v) is 1.73. The minimum atomic E-state index is 0. The van der Waals surface area contributed by atoms with Crippen molar-refractivity contribution in [2.75, 3.05) is 0 Å². The first-order valence-electron chi connectivity index (χ1n) is 4.54. The maximum absolute atomic E-state index is 7.50. The molecule has 5 heteroatoms. The summed E-state index contributed by atoms with van der Waals surface area (Å²) in [6, 6.07) is 16.1. The zero-order valence-corrected chi connectivity index (χ0v) is 11.1. The SMILES string of the molecule is [C-]#[O+].[C-]#[O+].[C-]#[O+].[Cr].c1ccc(-c2ccccn2)cc1. The van der Waals surface area contributed by atoms with E-state index < -0.39 is 0 Å². The second-order valence-electron chi connectivity index (χ2n) is 2.58. The van der Waals surface area contributed by atoms with Gasteiger partial charge in [-0.05, 0) is 12.1 Å². The molecule has 0 unspecified atom stereocenters. The zero-order chi connectivity index (χ0) is 14.2. The van der Waals surface area contributed by atoms with Gasteiger partial charge >= 0.3 is 33.9 Å². The van der Waals surface area contributed by atoms with Crippen molar-refractivity contribution in [2.45, 2.75) is 0 Å². The summed E-state index contributed by atoms with van der Waals surface area (Å²) in [5, 5.41) is 0. The van der Waals surface area contributed by atoms with Crippen molar-refractivity contribution in [3.05, 3.63) is 74.7 Å². The van der Waals surface area contributed by atoms with Gasteiger partial charge in [-0.15, -0.1) is 0 Å². The van der Waals surface area contributed by atoms with Crippen molar-refractivity contribution in [2.24, 2.45) is 0 Å². The Bertz CT molecular complexity index is 415. The third-order valence-electron chi connectivity index (χ3n) is 1.73. The molecular formula is C14H9CrNO3. The Hall–Kier alpha value is -1.88.